The summed E-state index contributed by atoms with van der Waals surface area (Å²) in [5, 5.41) is 18.2. The van der Waals surface area contributed by atoms with Crippen molar-refractivity contribution in [2.45, 2.75) is 26.8 Å². The zero-order chi connectivity index (χ0) is 21.7. The Bertz CT molecular complexity index is 986. The molecule has 1 heterocycles. The van der Waals surface area contributed by atoms with Crippen molar-refractivity contribution in [3.05, 3.63) is 59.3 Å². The monoisotopic (exact) mass is 411 g/mol. The summed E-state index contributed by atoms with van der Waals surface area (Å²) in [6, 6.07) is 10.7. The Morgan fingerprint density at radius 1 is 1.13 bits per heavy atom. The van der Waals surface area contributed by atoms with Gasteiger partial charge in [-0.25, -0.2) is 4.79 Å². The molecule has 30 heavy (non-hydrogen) atoms. The van der Waals surface area contributed by atoms with Crippen LogP contribution < -0.4 is 25.4 Å². The Morgan fingerprint density at radius 2 is 1.90 bits per heavy atom. The van der Waals surface area contributed by atoms with E-state index in [1.807, 2.05) is 6.92 Å². The lowest BCUT2D eigenvalue weighted by Gasteiger charge is -2.29. The van der Waals surface area contributed by atoms with E-state index in [9.17, 15) is 14.7 Å². The molecule has 4 N–H and O–H groups in total. The van der Waals surface area contributed by atoms with Crippen molar-refractivity contribution in [1.29, 1.82) is 0 Å². The van der Waals surface area contributed by atoms with Crippen LogP contribution in [-0.4, -0.2) is 30.3 Å². The molecule has 2 aromatic carbocycles. The van der Waals surface area contributed by atoms with Crippen LogP contribution in [0, 0.1) is 0 Å². The number of amides is 3. The third-order valence-electron chi connectivity index (χ3n) is 4.53. The van der Waals surface area contributed by atoms with E-state index in [1.165, 1.54) is 6.07 Å². The zero-order valence-electron chi connectivity index (χ0n) is 17.1. The molecule has 158 valence electrons. The number of carbonyl (C=O) groups excluding carboxylic acids is 2. The Morgan fingerprint density at radius 3 is 2.63 bits per heavy atom. The number of allylic oxidation sites excluding steroid dienone is 1. The number of benzene rings is 2. The first-order chi connectivity index (χ1) is 14.4. The molecule has 8 heteroatoms. The molecule has 1 unspecified atom stereocenters. The van der Waals surface area contributed by atoms with Gasteiger partial charge in [0.2, 0.25) is 0 Å². The van der Waals surface area contributed by atoms with E-state index >= 15 is 0 Å². The maximum atomic E-state index is 13.1. The number of hydrogen-bond acceptors (Lipinski definition) is 5. The van der Waals surface area contributed by atoms with E-state index in [4.69, 9.17) is 9.47 Å². The number of phenols is 1. The average Bonchev–Trinajstić information content (AvgIpc) is 2.69. The molecule has 0 aliphatic carbocycles. The second-order valence-electron chi connectivity index (χ2n) is 6.65. The number of carbonyl (C=O) groups is 2. The molecule has 0 saturated carbocycles. The molecule has 8 nitrogen and oxygen atoms in total. The minimum Gasteiger partial charge on any atom is -0.504 e. The van der Waals surface area contributed by atoms with Gasteiger partial charge in [0, 0.05) is 17.5 Å². The van der Waals surface area contributed by atoms with Crippen LogP contribution in [0.4, 0.5) is 10.5 Å². The summed E-state index contributed by atoms with van der Waals surface area (Å²) in [6.45, 7) is 6.24. The topological polar surface area (TPSA) is 109 Å². The first-order valence-electron chi connectivity index (χ1n) is 9.71. The van der Waals surface area contributed by atoms with Gasteiger partial charge < -0.3 is 30.5 Å². The zero-order valence-corrected chi connectivity index (χ0v) is 17.1. The fourth-order valence-electron chi connectivity index (χ4n) is 3.25. The highest BCUT2D eigenvalue weighted by atomic mass is 16.5. The molecule has 0 radical (unpaired) electrons. The van der Waals surface area contributed by atoms with Gasteiger partial charge >= 0.3 is 6.03 Å². The van der Waals surface area contributed by atoms with E-state index < -0.39 is 12.1 Å². The Balaban J connectivity index is 1.93. The quantitative estimate of drug-likeness (QED) is 0.558. The summed E-state index contributed by atoms with van der Waals surface area (Å²) >= 11 is 0. The average molecular weight is 411 g/mol. The third-order valence-corrected chi connectivity index (χ3v) is 4.53. The fraction of sp³-hybridized carbons (Fsp3) is 0.273. The molecule has 0 bridgehead atoms. The molecule has 1 atom stereocenters. The van der Waals surface area contributed by atoms with E-state index in [0.29, 0.717) is 41.5 Å². The van der Waals surface area contributed by atoms with Gasteiger partial charge in [0.15, 0.2) is 11.5 Å². The molecule has 0 fully saturated rings. The molecule has 0 saturated heterocycles. The van der Waals surface area contributed by atoms with Crippen LogP contribution in [-0.2, 0) is 4.79 Å². The first-order valence-corrected chi connectivity index (χ1v) is 9.71. The number of aromatic hydroxyl groups is 1. The summed E-state index contributed by atoms with van der Waals surface area (Å²) in [6.07, 6.45) is 0. The van der Waals surface area contributed by atoms with Gasteiger partial charge in [0.1, 0.15) is 5.75 Å². The van der Waals surface area contributed by atoms with Crippen molar-refractivity contribution >= 4 is 17.6 Å². The van der Waals surface area contributed by atoms with Gasteiger partial charge in [-0.2, -0.15) is 0 Å². The van der Waals surface area contributed by atoms with Crippen molar-refractivity contribution in [2.75, 3.05) is 18.5 Å². The van der Waals surface area contributed by atoms with Gasteiger partial charge in [-0.05, 0) is 50.6 Å². The van der Waals surface area contributed by atoms with Gasteiger partial charge in [-0.15, -0.1) is 0 Å². The second-order valence-corrected chi connectivity index (χ2v) is 6.65. The van der Waals surface area contributed by atoms with Crippen LogP contribution in [0.2, 0.25) is 0 Å². The van der Waals surface area contributed by atoms with Crippen LogP contribution in [0.1, 0.15) is 32.4 Å². The van der Waals surface area contributed by atoms with Gasteiger partial charge in [-0.3, -0.25) is 4.79 Å². The Kier molecular flexibility index (Phi) is 6.46. The SMILES string of the molecule is CCOc1cccc(NC(=O)C2=C(C)NC(=O)NC2c2ccc(O)c(OCC)c2)c1. The van der Waals surface area contributed by atoms with Crippen molar-refractivity contribution in [2.24, 2.45) is 0 Å². The van der Waals surface area contributed by atoms with E-state index in [0.717, 1.165) is 0 Å². The maximum Gasteiger partial charge on any atom is 0.319 e. The van der Waals surface area contributed by atoms with Crippen molar-refractivity contribution < 1.29 is 24.2 Å². The normalized spacial score (nSPS) is 15.8. The molecule has 0 spiro atoms. The highest BCUT2D eigenvalue weighted by molar-refractivity contribution is 6.06. The lowest BCUT2D eigenvalue weighted by Crippen LogP contribution is -2.45. The van der Waals surface area contributed by atoms with Crippen LogP contribution in [0.3, 0.4) is 0 Å². The first kappa shape index (κ1) is 21.0. The summed E-state index contributed by atoms with van der Waals surface area (Å²) in [5.41, 5.74) is 1.97. The second kappa shape index (κ2) is 9.21. The fourth-order valence-corrected chi connectivity index (χ4v) is 3.25. The van der Waals surface area contributed by atoms with Crippen molar-refractivity contribution in [1.82, 2.24) is 10.6 Å². The minimum absolute atomic E-state index is 0.0136. The molecular weight excluding hydrogens is 386 g/mol. The molecule has 0 aromatic heterocycles. The Labute approximate surface area is 174 Å². The minimum atomic E-state index is -0.714. The predicted molar refractivity (Wildman–Crippen MR) is 113 cm³/mol. The number of hydrogen-bond donors (Lipinski definition) is 4. The number of rotatable bonds is 7. The Hall–Kier alpha value is -3.68. The van der Waals surface area contributed by atoms with Crippen LogP contribution in [0.5, 0.6) is 17.2 Å². The summed E-state index contributed by atoms with van der Waals surface area (Å²) in [5.74, 6) is 0.544. The maximum absolute atomic E-state index is 13.1. The summed E-state index contributed by atoms with van der Waals surface area (Å²) < 4.78 is 10.9. The molecule has 1 aliphatic rings. The molecular formula is C22H25N3O5. The van der Waals surface area contributed by atoms with E-state index in [2.05, 4.69) is 16.0 Å². The van der Waals surface area contributed by atoms with Crippen LogP contribution in [0.25, 0.3) is 0 Å². The third kappa shape index (κ3) is 4.65. The molecule has 3 rings (SSSR count). The standard InChI is InChI=1S/C22H25N3O5/c1-4-29-16-8-6-7-15(12-16)24-21(27)19-13(3)23-22(28)25-20(19)14-9-10-17(26)18(11-14)30-5-2/h6-12,20,26H,4-5H2,1-3H3,(H,24,27)(H2,23,25,28). The number of urea groups is 1. The van der Waals surface area contributed by atoms with E-state index in [1.54, 1.807) is 50.2 Å². The van der Waals surface area contributed by atoms with Crippen LogP contribution in [0.15, 0.2) is 53.7 Å². The highest BCUT2D eigenvalue weighted by Gasteiger charge is 2.31. The van der Waals surface area contributed by atoms with E-state index in [-0.39, 0.29) is 17.4 Å². The lowest BCUT2D eigenvalue weighted by molar-refractivity contribution is -0.113. The van der Waals surface area contributed by atoms with Gasteiger partial charge in [-0.1, -0.05) is 12.1 Å². The summed E-state index contributed by atoms with van der Waals surface area (Å²) in [7, 11) is 0. The van der Waals surface area contributed by atoms with Crippen molar-refractivity contribution in [3.63, 3.8) is 0 Å². The van der Waals surface area contributed by atoms with Gasteiger partial charge in [0.05, 0.1) is 24.8 Å². The number of anilines is 1. The van der Waals surface area contributed by atoms with Crippen LogP contribution >= 0.6 is 0 Å². The van der Waals surface area contributed by atoms with Crippen molar-refractivity contribution in [3.8, 4) is 17.2 Å². The highest BCUT2D eigenvalue weighted by Crippen LogP contribution is 2.34. The summed E-state index contributed by atoms with van der Waals surface area (Å²) in [4.78, 5) is 25.2. The largest absolute Gasteiger partial charge is 0.504 e. The number of ether oxygens (including phenoxy) is 2. The predicted octanol–water partition coefficient (Wildman–Crippen LogP) is 3.46. The number of nitrogens with one attached hydrogen (secondary N) is 3. The van der Waals surface area contributed by atoms with Gasteiger partial charge in [0.25, 0.3) is 5.91 Å². The lowest BCUT2D eigenvalue weighted by atomic mass is 9.94. The molecule has 2 aromatic rings. The molecule has 1 aliphatic heterocycles. The smallest absolute Gasteiger partial charge is 0.319 e. The number of phenolic OH excluding ortho intramolecular Hbond substituents is 1. The molecule has 3 amide bonds.